The second-order valence-corrected chi connectivity index (χ2v) is 4.36. The second kappa shape index (κ2) is 4.92. The van der Waals surface area contributed by atoms with E-state index in [1.807, 2.05) is 0 Å². The highest BCUT2D eigenvalue weighted by atomic mass is 35.5. The van der Waals surface area contributed by atoms with E-state index in [9.17, 15) is 9.18 Å². The maximum Gasteiger partial charge on any atom is 0.227 e. The highest BCUT2D eigenvalue weighted by molar-refractivity contribution is 6.18. The van der Waals surface area contributed by atoms with E-state index >= 15 is 0 Å². The summed E-state index contributed by atoms with van der Waals surface area (Å²) >= 11 is 5.75. The number of ether oxygens (including phenoxy) is 1. The molecule has 3 nitrogen and oxygen atoms in total. The van der Waals surface area contributed by atoms with Gasteiger partial charge in [-0.15, -0.1) is 11.6 Å². The molecule has 92 valence electrons. The summed E-state index contributed by atoms with van der Waals surface area (Å²) in [7, 11) is 1.40. The number of amides is 1. The molecule has 1 amide bonds. The van der Waals surface area contributed by atoms with Gasteiger partial charge in [0.15, 0.2) is 11.6 Å². The van der Waals surface area contributed by atoms with Crippen LogP contribution in [0.1, 0.15) is 6.42 Å². The van der Waals surface area contributed by atoms with Gasteiger partial charge in [-0.2, -0.15) is 0 Å². The topological polar surface area (TPSA) is 29.5 Å². The van der Waals surface area contributed by atoms with E-state index in [1.54, 1.807) is 11.0 Å². The fourth-order valence-corrected chi connectivity index (χ4v) is 2.16. The van der Waals surface area contributed by atoms with Crippen LogP contribution in [-0.2, 0) is 4.79 Å². The fraction of sp³-hybridized carbons (Fsp3) is 0.417. The van der Waals surface area contributed by atoms with E-state index in [1.165, 1.54) is 19.2 Å². The van der Waals surface area contributed by atoms with Gasteiger partial charge in [0.05, 0.1) is 7.11 Å². The van der Waals surface area contributed by atoms with Crippen LogP contribution in [0, 0.1) is 11.7 Å². The van der Waals surface area contributed by atoms with Gasteiger partial charge < -0.3 is 9.64 Å². The predicted molar refractivity (Wildman–Crippen MR) is 64.1 cm³/mol. The average molecular weight is 258 g/mol. The molecule has 0 radical (unpaired) electrons. The Labute approximate surface area is 104 Å². The fourth-order valence-electron chi connectivity index (χ4n) is 1.95. The summed E-state index contributed by atoms with van der Waals surface area (Å²) in [6.45, 7) is 0.580. The van der Waals surface area contributed by atoms with Crippen molar-refractivity contribution in [3.05, 3.63) is 24.0 Å². The van der Waals surface area contributed by atoms with Gasteiger partial charge >= 0.3 is 0 Å². The van der Waals surface area contributed by atoms with Gasteiger partial charge in [-0.1, -0.05) is 0 Å². The van der Waals surface area contributed by atoms with Crippen LogP contribution in [0.2, 0.25) is 0 Å². The molecule has 1 fully saturated rings. The number of carbonyl (C=O) groups excluding carboxylic acids is 1. The van der Waals surface area contributed by atoms with E-state index in [-0.39, 0.29) is 17.6 Å². The maximum absolute atomic E-state index is 13.2. The van der Waals surface area contributed by atoms with E-state index in [0.29, 0.717) is 24.5 Å². The Morgan fingerprint density at radius 1 is 1.59 bits per heavy atom. The second-order valence-electron chi connectivity index (χ2n) is 4.05. The smallest absolute Gasteiger partial charge is 0.227 e. The molecule has 17 heavy (non-hydrogen) atoms. The highest BCUT2D eigenvalue weighted by Crippen LogP contribution is 2.29. The number of hydrogen-bond donors (Lipinski definition) is 0. The van der Waals surface area contributed by atoms with Crippen LogP contribution in [0.25, 0.3) is 0 Å². The molecule has 1 aliphatic rings. The van der Waals surface area contributed by atoms with Crippen LogP contribution >= 0.6 is 11.6 Å². The van der Waals surface area contributed by atoms with Gasteiger partial charge in [0.1, 0.15) is 0 Å². The average Bonchev–Trinajstić information content (AvgIpc) is 2.71. The first kappa shape index (κ1) is 12.2. The largest absolute Gasteiger partial charge is 0.494 e. The third kappa shape index (κ3) is 2.36. The summed E-state index contributed by atoms with van der Waals surface area (Å²) in [5.41, 5.74) is 0.654. The Hall–Kier alpha value is -1.29. The third-order valence-electron chi connectivity index (χ3n) is 2.87. The number of halogens is 2. The first-order valence-electron chi connectivity index (χ1n) is 5.35. The minimum atomic E-state index is -0.434. The van der Waals surface area contributed by atoms with E-state index in [4.69, 9.17) is 16.3 Å². The molecule has 5 heteroatoms. The zero-order chi connectivity index (χ0) is 12.4. The molecule has 1 aliphatic heterocycles. The zero-order valence-corrected chi connectivity index (χ0v) is 10.2. The number of rotatable bonds is 3. The molecule has 0 N–H and O–H groups in total. The number of alkyl halides is 1. The van der Waals surface area contributed by atoms with Crippen LogP contribution in [0.3, 0.4) is 0 Å². The van der Waals surface area contributed by atoms with Crippen LogP contribution in [0.5, 0.6) is 5.75 Å². The Bertz CT molecular complexity index is 439. The Morgan fingerprint density at radius 2 is 2.35 bits per heavy atom. The van der Waals surface area contributed by atoms with Crippen molar-refractivity contribution in [3.63, 3.8) is 0 Å². The standard InChI is InChI=1S/C12H13ClFNO2/c1-17-11-5-9(2-3-10(11)14)15-7-8(6-13)4-12(15)16/h2-3,5,8H,4,6-7H2,1H3. The zero-order valence-electron chi connectivity index (χ0n) is 9.45. The summed E-state index contributed by atoms with van der Waals surface area (Å²) in [6, 6.07) is 4.41. The maximum atomic E-state index is 13.2. The van der Waals surface area contributed by atoms with Gasteiger partial charge in [0.2, 0.25) is 5.91 Å². The van der Waals surface area contributed by atoms with Crippen molar-refractivity contribution < 1.29 is 13.9 Å². The Kier molecular flexibility index (Phi) is 3.52. The molecule has 0 bridgehead atoms. The van der Waals surface area contributed by atoms with Gasteiger partial charge in [-0.25, -0.2) is 4.39 Å². The molecule has 0 saturated carbocycles. The molecule has 1 atom stereocenters. The lowest BCUT2D eigenvalue weighted by Gasteiger charge is -2.17. The molecule has 1 unspecified atom stereocenters. The monoisotopic (exact) mass is 257 g/mol. The molecule has 2 rings (SSSR count). The summed E-state index contributed by atoms with van der Waals surface area (Å²) in [5, 5.41) is 0. The van der Waals surface area contributed by atoms with E-state index in [0.717, 1.165) is 0 Å². The molecule has 1 saturated heterocycles. The van der Waals surface area contributed by atoms with Crippen molar-refractivity contribution in [2.75, 3.05) is 24.4 Å². The summed E-state index contributed by atoms with van der Waals surface area (Å²) in [6.07, 6.45) is 0.448. The quantitative estimate of drug-likeness (QED) is 0.779. The van der Waals surface area contributed by atoms with Gasteiger partial charge in [-0.3, -0.25) is 4.79 Å². The lowest BCUT2D eigenvalue weighted by Crippen LogP contribution is -2.24. The molecule has 1 aromatic carbocycles. The minimum Gasteiger partial charge on any atom is -0.494 e. The van der Waals surface area contributed by atoms with E-state index in [2.05, 4.69) is 0 Å². The molecule has 1 aromatic rings. The van der Waals surface area contributed by atoms with Gasteiger partial charge in [0.25, 0.3) is 0 Å². The van der Waals surface area contributed by atoms with Crippen molar-refractivity contribution >= 4 is 23.2 Å². The van der Waals surface area contributed by atoms with Crippen LogP contribution in [-0.4, -0.2) is 25.4 Å². The number of carbonyl (C=O) groups is 1. The molecule has 1 heterocycles. The SMILES string of the molecule is COc1cc(N2CC(CCl)CC2=O)ccc1F. The first-order chi connectivity index (χ1) is 8.15. The molecular weight excluding hydrogens is 245 g/mol. The number of hydrogen-bond acceptors (Lipinski definition) is 2. The summed E-state index contributed by atoms with van der Waals surface area (Å²) in [4.78, 5) is 13.4. The minimum absolute atomic E-state index is 0.0179. The van der Waals surface area contributed by atoms with Gasteiger partial charge in [0, 0.05) is 30.6 Å². The normalized spacial score (nSPS) is 19.8. The number of benzene rings is 1. The molecule has 0 spiro atoms. The van der Waals surface area contributed by atoms with Crippen molar-refractivity contribution in [3.8, 4) is 5.75 Å². The van der Waals surface area contributed by atoms with Crippen molar-refractivity contribution in [1.82, 2.24) is 0 Å². The Morgan fingerprint density at radius 3 is 2.94 bits per heavy atom. The molecule has 0 aromatic heterocycles. The lowest BCUT2D eigenvalue weighted by atomic mass is 10.1. The van der Waals surface area contributed by atoms with Crippen molar-refractivity contribution in [1.29, 1.82) is 0 Å². The lowest BCUT2D eigenvalue weighted by molar-refractivity contribution is -0.117. The molecule has 0 aliphatic carbocycles. The molecular formula is C12H13ClFNO2. The third-order valence-corrected chi connectivity index (χ3v) is 3.31. The van der Waals surface area contributed by atoms with Crippen LogP contribution in [0.4, 0.5) is 10.1 Å². The number of nitrogens with zero attached hydrogens (tertiary/aromatic N) is 1. The van der Waals surface area contributed by atoms with E-state index < -0.39 is 5.82 Å². The summed E-state index contributed by atoms with van der Waals surface area (Å²) < 4.78 is 18.1. The number of methoxy groups -OCH3 is 1. The van der Waals surface area contributed by atoms with Gasteiger partial charge in [-0.05, 0) is 18.1 Å². The van der Waals surface area contributed by atoms with Crippen molar-refractivity contribution in [2.24, 2.45) is 5.92 Å². The summed E-state index contributed by atoms with van der Waals surface area (Å²) in [5.74, 6) is 0.353. The van der Waals surface area contributed by atoms with Crippen molar-refractivity contribution in [2.45, 2.75) is 6.42 Å². The predicted octanol–water partition coefficient (Wildman–Crippen LogP) is 2.43. The van der Waals surface area contributed by atoms with Crippen LogP contribution in [0.15, 0.2) is 18.2 Å². The van der Waals surface area contributed by atoms with Crippen LogP contribution < -0.4 is 9.64 Å². The highest BCUT2D eigenvalue weighted by Gasteiger charge is 2.30. The first-order valence-corrected chi connectivity index (χ1v) is 5.89. The Balaban J connectivity index is 2.26. The number of anilines is 1.